The molecule has 0 aliphatic carbocycles. The van der Waals surface area contributed by atoms with Crippen molar-refractivity contribution in [3.63, 3.8) is 0 Å². The average molecular weight is 328 g/mol. The van der Waals surface area contributed by atoms with Crippen LogP contribution in [0.2, 0.25) is 0 Å². The zero-order valence-electron chi connectivity index (χ0n) is 13.4. The van der Waals surface area contributed by atoms with Crippen LogP contribution >= 0.6 is 11.6 Å². The van der Waals surface area contributed by atoms with Crippen LogP contribution in [0, 0.1) is 20.8 Å². The van der Waals surface area contributed by atoms with Gasteiger partial charge < -0.3 is 10.2 Å². The van der Waals surface area contributed by atoms with Crippen LogP contribution in [0.4, 0.5) is 5.69 Å². The first-order valence-electron chi connectivity index (χ1n) is 7.35. The molecule has 0 saturated carbocycles. The SMILES string of the molecule is Cc1cc2nc(-c3ccc(C)c(N=C(N)CCl)c3)oc2cc1C. The van der Waals surface area contributed by atoms with Gasteiger partial charge in [-0.25, -0.2) is 9.98 Å². The molecule has 0 fully saturated rings. The Morgan fingerprint density at radius 2 is 1.87 bits per heavy atom. The number of amidine groups is 1. The number of nitrogens with zero attached hydrogens (tertiary/aromatic N) is 2. The van der Waals surface area contributed by atoms with Crippen LogP contribution in [0.1, 0.15) is 16.7 Å². The van der Waals surface area contributed by atoms with E-state index in [-0.39, 0.29) is 5.88 Å². The van der Waals surface area contributed by atoms with Gasteiger partial charge in [-0.3, -0.25) is 0 Å². The Morgan fingerprint density at radius 1 is 1.13 bits per heavy atom. The monoisotopic (exact) mass is 327 g/mol. The second-order valence-electron chi connectivity index (χ2n) is 5.66. The molecule has 0 amide bonds. The number of hydrogen-bond acceptors (Lipinski definition) is 3. The van der Waals surface area contributed by atoms with E-state index >= 15 is 0 Å². The van der Waals surface area contributed by atoms with Crippen molar-refractivity contribution in [2.24, 2.45) is 10.7 Å². The summed E-state index contributed by atoms with van der Waals surface area (Å²) in [6.45, 7) is 6.10. The van der Waals surface area contributed by atoms with Gasteiger partial charge in [-0.2, -0.15) is 0 Å². The molecule has 5 heteroatoms. The molecule has 0 saturated heterocycles. The molecule has 1 heterocycles. The summed E-state index contributed by atoms with van der Waals surface area (Å²) >= 11 is 5.71. The second kappa shape index (κ2) is 6.05. The van der Waals surface area contributed by atoms with Crippen molar-refractivity contribution in [2.75, 3.05) is 5.88 Å². The van der Waals surface area contributed by atoms with Gasteiger partial charge in [-0.05, 0) is 61.7 Å². The van der Waals surface area contributed by atoms with Gasteiger partial charge in [0, 0.05) is 5.56 Å². The lowest BCUT2D eigenvalue weighted by Gasteiger charge is -2.03. The van der Waals surface area contributed by atoms with Crippen LogP contribution in [-0.4, -0.2) is 16.7 Å². The zero-order chi connectivity index (χ0) is 16.6. The number of fused-ring (bicyclic) bond motifs is 1. The third-order valence-corrected chi connectivity index (χ3v) is 4.13. The number of halogens is 1. The number of oxazole rings is 1. The lowest BCUT2D eigenvalue weighted by atomic mass is 10.1. The quantitative estimate of drug-likeness (QED) is 0.432. The minimum atomic E-state index is 0.200. The Kier molecular flexibility index (Phi) is 4.09. The zero-order valence-corrected chi connectivity index (χ0v) is 14.1. The summed E-state index contributed by atoms with van der Waals surface area (Å²) in [5.41, 5.74) is 12.4. The third kappa shape index (κ3) is 3.08. The van der Waals surface area contributed by atoms with E-state index < -0.39 is 0 Å². The average Bonchev–Trinajstić information content (AvgIpc) is 2.92. The molecule has 3 rings (SSSR count). The smallest absolute Gasteiger partial charge is 0.227 e. The fourth-order valence-corrected chi connectivity index (χ4v) is 2.41. The van der Waals surface area contributed by atoms with E-state index in [2.05, 4.69) is 23.8 Å². The molecule has 0 aliphatic rings. The molecule has 3 aromatic rings. The highest BCUT2D eigenvalue weighted by Gasteiger charge is 2.11. The summed E-state index contributed by atoms with van der Waals surface area (Å²) in [6.07, 6.45) is 0. The van der Waals surface area contributed by atoms with E-state index in [0.717, 1.165) is 27.9 Å². The second-order valence-corrected chi connectivity index (χ2v) is 5.93. The van der Waals surface area contributed by atoms with Crippen molar-refractivity contribution in [2.45, 2.75) is 20.8 Å². The topological polar surface area (TPSA) is 64.4 Å². The molecule has 118 valence electrons. The van der Waals surface area contributed by atoms with Crippen molar-refractivity contribution >= 4 is 34.2 Å². The van der Waals surface area contributed by atoms with Crippen molar-refractivity contribution in [1.82, 2.24) is 4.98 Å². The molecular formula is C18H18ClN3O. The molecule has 2 N–H and O–H groups in total. The number of rotatable bonds is 3. The summed E-state index contributed by atoms with van der Waals surface area (Å²) in [4.78, 5) is 8.92. The van der Waals surface area contributed by atoms with E-state index in [0.29, 0.717) is 11.7 Å². The lowest BCUT2D eigenvalue weighted by Crippen LogP contribution is -2.12. The molecule has 1 aromatic heterocycles. The number of benzene rings is 2. The molecular weight excluding hydrogens is 310 g/mol. The van der Waals surface area contributed by atoms with Gasteiger partial charge in [-0.1, -0.05) is 6.07 Å². The lowest BCUT2D eigenvalue weighted by molar-refractivity contribution is 0.619. The van der Waals surface area contributed by atoms with Crippen molar-refractivity contribution in [3.8, 4) is 11.5 Å². The molecule has 0 radical (unpaired) electrons. The Labute approximate surface area is 140 Å². The molecule has 0 unspecified atom stereocenters. The first kappa shape index (κ1) is 15.6. The molecule has 23 heavy (non-hydrogen) atoms. The molecule has 0 bridgehead atoms. The number of alkyl halides is 1. The predicted octanol–water partition coefficient (Wildman–Crippen LogP) is 4.65. The van der Waals surface area contributed by atoms with Gasteiger partial charge >= 0.3 is 0 Å². The summed E-state index contributed by atoms with van der Waals surface area (Å²) in [5, 5.41) is 0. The number of aromatic nitrogens is 1. The highest BCUT2D eigenvalue weighted by molar-refractivity contribution is 6.28. The largest absolute Gasteiger partial charge is 0.436 e. The Bertz CT molecular complexity index is 873. The minimum absolute atomic E-state index is 0.200. The Balaban J connectivity index is 2.10. The molecule has 0 aliphatic heterocycles. The number of aliphatic imine (C=N–C) groups is 1. The first-order chi connectivity index (χ1) is 11.0. The number of hydrogen-bond donors (Lipinski definition) is 1. The van der Waals surface area contributed by atoms with E-state index in [1.165, 1.54) is 11.1 Å². The van der Waals surface area contributed by atoms with Gasteiger partial charge in [0.05, 0.1) is 11.6 Å². The van der Waals surface area contributed by atoms with Gasteiger partial charge in [0.15, 0.2) is 5.58 Å². The Hall–Kier alpha value is -2.33. The minimum Gasteiger partial charge on any atom is -0.436 e. The summed E-state index contributed by atoms with van der Waals surface area (Å²) < 4.78 is 5.90. The Morgan fingerprint density at radius 3 is 2.61 bits per heavy atom. The maximum absolute atomic E-state index is 5.90. The highest BCUT2D eigenvalue weighted by Crippen LogP contribution is 2.30. The maximum Gasteiger partial charge on any atom is 0.227 e. The van der Waals surface area contributed by atoms with Crippen LogP contribution in [0.5, 0.6) is 0 Å². The predicted molar refractivity (Wildman–Crippen MR) is 95.7 cm³/mol. The van der Waals surface area contributed by atoms with Crippen LogP contribution in [0.25, 0.3) is 22.6 Å². The maximum atomic E-state index is 5.90. The number of aryl methyl sites for hydroxylation is 3. The normalized spacial score (nSPS) is 12.1. The van der Waals surface area contributed by atoms with Crippen molar-refractivity contribution in [3.05, 3.63) is 47.0 Å². The molecule has 0 spiro atoms. The van der Waals surface area contributed by atoms with Crippen LogP contribution in [0.15, 0.2) is 39.7 Å². The van der Waals surface area contributed by atoms with Gasteiger partial charge in [-0.15, -0.1) is 11.6 Å². The third-order valence-electron chi connectivity index (χ3n) is 3.86. The van der Waals surface area contributed by atoms with Gasteiger partial charge in [0.2, 0.25) is 5.89 Å². The van der Waals surface area contributed by atoms with Crippen LogP contribution < -0.4 is 5.73 Å². The van der Waals surface area contributed by atoms with Crippen molar-refractivity contribution < 1.29 is 4.42 Å². The summed E-state index contributed by atoms with van der Waals surface area (Å²) in [5.74, 6) is 1.16. The van der Waals surface area contributed by atoms with E-state index in [4.69, 9.17) is 21.8 Å². The molecule has 0 atom stereocenters. The standard InChI is InChI=1S/C18H18ClN3O/c1-10-4-5-13(8-14(10)21-17(20)9-19)18-22-15-6-11(2)12(3)7-16(15)23-18/h4-8H,9H2,1-3H3,(H2,20,21). The van der Waals surface area contributed by atoms with E-state index in [9.17, 15) is 0 Å². The highest BCUT2D eigenvalue weighted by atomic mass is 35.5. The number of nitrogens with two attached hydrogens (primary N) is 1. The van der Waals surface area contributed by atoms with Crippen LogP contribution in [-0.2, 0) is 0 Å². The van der Waals surface area contributed by atoms with Gasteiger partial charge in [0.25, 0.3) is 0 Å². The van der Waals surface area contributed by atoms with Gasteiger partial charge in [0.1, 0.15) is 11.4 Å². The van der Waals surface area contributed by atoms with Crippen LogP contribution in [0.3, 0.4) is 0 Å². The van der Waals surface area contributed by atoms with Crippen molar-refractivity contribution in [1.29, 1.82) is 0 Å². The summed E-state index contributed by atoms with van der Waals surface area (Å²) in [7, 11) is 0. The molecule has 2 aromatic carbocycles. The van der Waals surface area contributed by atoms with E-state index in [1.54, 1.807) is 0 Å². The summed E-state index contributed by atoms with van der Waals surface area (Å²) in [6, 6.07) is 9.91. The first-order valence-corrected chi connectivity index (χ1v) is 7.89. The van der Waals surface area contributed by atoms with E-state index in [1.807, 2.05) is 37.3 Å². The fourth-order valence-electron chi connectivity index (χ4n) is 2.35. The molecule has 4 nitrogen and oxygen atoms in total. The fraction of sp³-hybridized carbons (Fsp3) is 0.222.